The van der Waals surface area contributed by atoms with Crippen LogP contribution in [0.25, 0.3) is 11.4 Å². The van der Waals surface area contributed by atoms with Crippen molar-refractivity contribution in [1.82, 2.24) is 19.1 Å². The zero-order chi connectivity index (χ0) is 26.9. The molecule has 1 atom stereocenters. The molecule has 39 heavy (non-hydrogen) atoms. The molecule has 5 heterocycles. The average molecular weight is 545 g/mol. The number of hydrogen-bond acceptors (Lipinski definition) is 2. The summed E-state index contributed by atoms with van der Waals surface area (Å²) in [4.78, 5) is 14.0. The number of benzene rings is 1. The van der Waals surface area contributed by atoms with E-state index in [0.29, 0.717) is 0 Å². The van der Waals surface area contributed by atoms with Crippen LogP contribution in [0.2, 0.25) is 0 Å². The molecule has 10 heteroatoms. The van der Waals surface area contributed by atoms with E-state index in [4.69, 9.17) is 11.6 Å². The molecule has 0 bridgehead atoms. The van der Waals surface area contributed by atoms with Crippen LogP contribution in [0, 0.1) is 0 Å². The summed E-state index contributed by atoms with van der Waals surface area (Å²) in [6.07, 6.45) is 12.4. The van der Waals surface area contributed by atoms with Crippen LogP contribution >= 0.6 is 11.6 Å². The van der Waals surface area contributed by atoms with Crippen LogP contribution in [-0.2, 0) is 4.79 Å². The van der Waals surface area contributed by atoms with Gasteiger partial charge in [0.15, 0.2) is 0 Å². The number of alkyl halides is 1. The molecule has 3 aliphatic heterocycles. The zero-order valence-electron chi connectivity index (χ0n) is 22.2. The van der Waals surface area contributed by atoms with Gasteiger partial charge in [0, 0.05) is 23.0 Å². The molecule has 1 amide bonds. The van der Waals surface area contributed by atoms with Crippen LogP contribution in [0.1, 0.15) is 68.5 Å². The van der Waals surface area contributed by atoms with Gasteiger partial charge in [0.25, 0.3) is 5.84 Å². The SMILES string of the molecule is CCCCCC(O)c1cn(-c2ccc3n2[B]N2C(=C3c3ccc(NC(=O)CCl)cc3)C=CC2=[N+]2CCCC2)[nH]1. The van der Waals surface area contributed by atoms with Gasteiger partial charge >= 0.3 is 7.55 Å². The number of halogens is 1. The maximum absolute atomic E-state index is 11.8. The van der Waals surface area contributed by atoms with Gasteiger partial charge < -0.3 is 14.9 Å². The molecule has 2 aromatic heterocycles. The molecule has 1 unspecified atom stereocenters. The predicted molar refractivity (Wildman–Crippen MR) is 155 cm³/mol. The standard InChI is InChI=1S/C29H33BClN6O2/c1-2-3-4-7-25(38)22-19-35(33-22)28-15-13-24-29(20-8-10-21(11-9-20)32-26(39)18-31)23-12-14-27(34-16-5-6-17-34)36(23)30-37(24)28/h8-15,19,25,33,38H,2-7,16-18H2,1H3/p+1. The molecule has 1 saturated heterocycles. The lowest BCUT2D eigenvalue weighted by Crippen LogP contribution is -2.42. The van der Waals surface area contributed by atoms with Gasteiger partial charge in [0.05, 0.1) is 31.1 Å². The van der Waals surface area contributed by atoms with E-state index in [1.807, 2.05) is 35.1 Å². The highest BCUT2D eigenvalue weighted by Crippen LogP contribution is 2.38. The third-order valence-corrected chi connectivity index (χ3v) is 7.99. The van der Waals surface area contributed by atoms with E-state index in [1.54, 1.807) is 0 Å². The first-order valence-electron chi connectivity index (χ1n) is 13.9. The van der Waals surface area contributed by atoms with E-state index < -0.39 is 6.10 Å². The van der Waals surface area contributed by atoms with E-state index in [0.717, 1.165) is 78.5 Å². The number of amides is 1. The van der Waals surface area contributed by atoms with Crippen LogP contribution in [-0.4, -0.2) is 67.0 Å². The number of aromatic amines is 1. The Hall–Kier alpha value is -3.43. The number of carbonyl (C=O) groups excluding carboxylic acids is 1. The number of allylic oxidation sites excluding steroid dienone is 1. The number of nitrogens with zero attached hydrogens (tertiary/aromatic N) is 4. The molecule has 1 fully saturated rings. The number of aliphatic hydroxyl groups is 1. The molecule has 6 rings (SSSR count). The van der Waals surface area contributed by atoms with Crippen molar-refractivity contribution >= 4 is 42.2 Å². The topological polar surface area (TPSA) is 81.2 Å². The summed E-state index contributed by atoms with van der Waals surface area (Å²) in [6.45, 7) is 4.29. The number of nitrogens with one attached hydrogen (secondary N) is 2. The van der Waals surface area contributed by atoms with Crippen LogP contribution in [0.5, 0.6) is 0 Å². The Morgan fingerprint density at radius 1 is 1.15 bits per heavy atom. The lowest BCUT2D eigenvalue weighted by atomic mass is 9.91. The zero-order valence-corrected chi connectivity index (χ0v) is 23.0. The number of aliphatic hydroxyl groups excluding tert-OH is 1. The summed E-state index contributed by atoms with van der Waals surface area (Å²) in [5, 5.41) is 16.7. The quantitative estimate of drug-likeness (QED) is 0.159. The highest BCUT2D eigenvalue weighted by molar-refractivity contribution is 6.40. The number of amidine groups is 1. The van der Waals surface area contributed by atoms with E-state index in [1.165, 1.54) is 18.7 Å². The molecule has 1 radical (unpaired) electrons. The predicted octanol–water partition coefficient (Wildman–Crippen LogP) is 4.63. The minimum absolute atomic E-state index is 0.0749. The van der Waals surface area contributed by atoms with E-state index in [9.17, 15) is 9.90 Å². The van der Waals surface area contributed by atoms with Crippen molar-refractivity contribution < 1.29 is 14.5 Å². The minimum Gasteiger partial charge on any atom is -0.387 e. The molecule has 8 nitrogen and oxygen atoms in total. The fourth-order valence-corrected chi connectivity index (χ4v) is 5.75. The van der Waals surface area contributed by atoms with E-state index >= 15 is 0 Å². The van der Waals surface area contributed by atoms with Crippen LogP contribution < -0.4 is 5.32 Å². The third kappa shape index (κ3) is 4.89. The molecule has 3 aliphatic rings. The Morgan fingerprint density at radius 3 is 2.64 bits per heavy atom. The van der Waals surface area contributed by atoms with Crippen LogP contribution in [0.4, 0.5) is 5.69 Å². The fraction of sp³-hybridized carbons (Fsp3) is 0.379. The van der Waals surface area contributed by atoms with Crippen molar-refractivity contribution in [2.45, 2.75) is 51.6 Å². The highest BCUT2D eigenvalue weighted by atomic mass is 35.5. The second kappa shape index (κ2) is 11.0. The number of aromatic nitrogens is 3. The molecule has 0 aliphatic carbocycles. The molecule has 1 aromatic carbocycles. The van der Waals surface area contributed by atoms with Crippen molar-refractivity contribution in [3.8, 4) is 5.82 Å². The summed E-state index contributed by atoms with van der Waals surface area (Å²) in [5.74, 6) is 1.87. The average Bonchev–Trinajstić information content (AvgIpc) is 3.68. The molecular formula is C29H34BClN6O2+. The van der Waals surface area contributed by atoms with Gasteiger partial charge in [0.1, 0.15) is 17.4 Å². The second-order valence-corrected chi connectivity index (χ2v) is 10.7. The van der Waals surface area contributed by atoms with Crippen molar-refractivity contribution in [2.24, 2.45) is 0 Å². The lowest BCUT2D eigenvalue weighted by molar-refractivity contribution is -0.508. The summed E-state index contributed by atoms with van der Waals surface area (Å²) in [6, 6.07) is 12.2. The Balaban J connectivity index is 1.36. The van der Waals surface area contributed by atoms with Crippen molar-refractivity contribution in [1.29, 1.82) is 0 Å². The summed E-state index contributed by atoms with van der Waals surface area (Å²) in [7, 11) is 2.16. The van der Waals surface area contributed by atoms with Gasteiger partial charge in [-0.05, 0) is 55.2 Å². The van der Waals surface area contributed by atoms with Gasteiger partial charge in [-0.25, -0.2) is 4.68 Å². The maximum Gasteiger partial charge on any atom is 0.553 e. The van der Waals surface area contributed by atoms with Crippen LogP contribution in [0.3, 0.4) is 0 Å². The highest BCUT2D eigenvalue weighted by Gasteiger charge is 2.40. The molecule has 201 valence electrons. The Bertz CT molecular complexity index is 1440. The number of rotatable bonds is 9. The van der Waals surface area contributed by atoms with Crippen molar-refractivity contribution in [3.05, 3.63) is 77.4 Å². The number of H-pyrrole nitrogens is 1. The van der Waals surface area contributed by atoms with E-state index in [-0.39, 0.29) is 11.8 Å². The summed E-state index contributed by atoms with van der Waals surface area (Å²) < 4.78 is 6.63. The summed E-state index contributed by atoms with van der Waals surface area (Å²) in [5.41, 5.74) is 5.96. The van der Waals surface area contributed by atoms with Gasteiger partial charge in [-0.1, -0.05) is 38.3 Å². The smallest absolute Gasteiger partial charge is 0.387 e. The number of anilines is 1. The van der Waals surface area contributed by atoms with Gasteiger partial charge in [-0.3, -0.25) is 19.3 Å². The number of hydrogen-bond donors (Lipinski definition) is 3. The minimum atomic E-state index is -0.467. The van der Waals surface area contributed by atoms with Gasteiger partial charge in [0.2, 0.25) is 5.91 Å². The molecular weight excluding hydrogens is 511 g/mol. The monoisotopic (exact) mass is 544 g/mol. The second-order valence-electron chi connectivity index (χ2n) is 10.4. The first kappa shape index (κ1) is 25.8. The lowest BCUT2D eigenvalue weighted by Gasteiger charge is -2.27. The molecule has 3 aromatic rings. The largest absolute Gasteiger partial charge is 0.553 e. The normalized spacial score (nSPS) is 17.1. The first-order valence-corrected chi connectivity index (χ1v) is 14.4. The third-order valence-electron chi connectivity index (χ3n) is 7.75. The molecule has 0 saturated carbocycles. The molecule has 0 spiro atoms. The Kier molecular flexibility index (Phi) is 7.27. The van der Waals surface area contributed by atoms with E-state index in [2.05, 4.69) is 63.0 Å². The van der Waals surface area contributed by atoms with Crippen LogP contribution in [0.15, 0.2) is 60.4 Å². The van der Waals surface area contributed by atoms with Gasteiger partial charge in [-0.15, -0.1) is 11.6 Å². The van der Waals surface area contributed by atoms with Crippen molar-refractivity contribution in [2.75, 3.05) is 24.3 Å². The number of unbranched alkanes of at least 4 members (excludes halogenated alkanes) is 2. The molecule has 3 N–H and O–H groups in total. The van der Waals surface area contributed by atoms with Crippen molar-refractivity contribution in [3.63, 3.8) is 0 Å². The fourth-order valence-electron chi connectivity index (χ4n) is 5.68. The van der Waals surface area contributed by atoms with Gasteiger partial charge in [-0.2, -0.15) is 0 Å². The maximum atomic E-state index is 11.8. The Morgan fingerprint density at radius 2 is 1.92 bits per heavy atom. The number of fused-ring (bicyclic) bond motifs is 2. The summed E-state index contributed by atoms with van der Waals surface area (Å²) >= 11 is 5.67. The Labute approximate surface area is 234 Å². The first-order chi connectivity index (χ1) is 19.1. The number of carbonyl (C=O) groups is 1.